The zero-order valence-electron chi connectivity index (χ0n) is 25.4. The Kier molecular flexibility index (Phi) is 11.5. The first kappa shape index (κ1) is 34.2. The highest BCUT2D eigenvalue weighted by Crippen LogP contribution is 2.29. The second kappa shape index (κ2) is 14.5. The summed E-state index contributed by atoms with van der Waals surface area (Å²) in [4.78, 5) is 29.1. The normalized spacial score (nSPS) is 12.4. The van der Waals surface area contributed by atoms with Crippen LogP contribution in [-0.2, 0) is 26.2 Å². The fourth-order valence-electron chi connectivity index (χ4n) is 4.47. The fourth-order valence-corrected chi connectivity index (χ4v) is 6.40. The van der Waals surface area contributed by atoms with Crippen molar-refractivity contribution in [3.8, 4) is 5.75 Å². The van der Waals surface area contributed by atoms with Gasteiger partial charge >= 0.3 is 0 Å². The van der Waals surface area contributed by atoms with Gasteiger partial charge in [-0.05, 0) is 89.6 Å². The van der Waals surface area contributed by atoms with E-state index < -0.39 is 34.1 Å². The van der Waals surface area contributed by atoms with Crippen molar-refractivity contribution in [1.29, 1.82) is 0 Å². The molecule has 0 saturated carbocycles. The molecule has 0 aliphatic rings. The summed E-state index contributed by atoms with van der Waals surface area (Å²) in [7, 11) is -4.20. The van der Waals surface area contributed by atoms with Crippen molar-refractivity contribution in [2.45, 2.75) is 71.0 Å². The van der Waals surface area contributed by atoms with Gasteiger partial charge in [-0.3, -0.25) is 13.9 Å². The van der Waals surface area contributed by atoms with Gasteiger partial charge in [-0.1, -0.05) is 53.9 Å². The molecule has 2 amide bonds. The van der Waals surface area contributed by atoms with Crippen molar-refractivity contribution in [3.63, 3.8) is 0 Å². The van der Waals surface area contributed by atoms with Crippen LogP contribution in [0.2, 0.25) is 10.0 Å². The maximum atomic E-state index is 14.3. The molecule has 1 atom stereocenters. The number of halogens is 2. The quantitative estimate of drug-likeness (QED) is 0.238. The van der Waals surface area contributed by atoms with E-state index in [1.54, 1.807) is 61.5 Å². The monoisotopic (exact) mass is 647 g/mol. The number of rotatable bonds is 12. The standard InChI is InChI=1S/C32H39Cl2N3O5S/c1-7-29(31(39)35-32(4,5)6)36(20-26-27(33)10-9-11-28(26)34)30(38)21-37(23-14-16-24(17-15-23)42-8-2)43(40,41)25-18-12-22(3)13-19-25/h9-19,29H,7-8,20-21H2,1-6H3,(H,35,39). The minimum Gasteiger partial charge on any atom is -0.494 e. The molecule has 43 heavy (non-hydrogen) atoms. The molecule has 0 aromatic heterocycles. The second-order valence-electron chi connectivity index (χ2n) is 11.1. The Balaban J connectivity index is 2.11. The molecule has 1 N–H and O–H groups in total. The van der Waals surface area contributed by atoms with Gasteiger partial charge in [-0.25, -0.2) is 8.42 Å². The molecule has 8 nitrogen and oxygen atoms in total. The van der Waals surface area contributed by atoms with Crippen molar-refractivity contribution in [2.24, 2.45) is 0 Å². The molecule has 0 fully saturated rings. The van der Waals surface area contributed by atoms with Gasteiger partial charge in [0.25, 0.3) is 10.0 Å². The van der Waals surface area contributed by atoms with Crippen LogP contribution in [0, 0.1) is 6.92 Å². The van der Waals surface area contributed by atoms with E-state index in [9.17, 15) is 18.0 Å². The zero-order valence-corrected chi connectivity index (χ0v) is 27.7. The number of carbonyl (C=O) groups is 2. The van der Waals surface area contributed by atoms with Crippen LogP contribution in [0.25, 0.3) is 0 Å². The number of anilines is 1. The first-order chi connectivity index (χ1) is 20.2. The predicted octanol–water partition coefficient (Wildman–Crippen LogP) is 6.62. The Morgan fingerprint density at radius 1 is 0.930 bits per heavy atom. The molecular formula is C32H39Cl2N3O5S. The summed E-state index contributed by atoms with van der Waals surface area (Å²) in [6.45, 7) is 10.8. The van der Waals surface area contributed by atoms with Gasteiger partial charge in [-0.2, -0.15) is 0 Å². The largest absolute Gasteiger partial charge is 0.494 e. The first-order valence-corrected chi connectivity index (χ1v) is 16.2. The molecule has 11 heteroatoms. The number of ether oxygens (including phenoxy) is 1. The highest BCUT2D eigenvalue weighted by Gasteiger charge is 2.35. The number of sulfonamides is 1. The van der Waals surface area contributed by atoms with E-state index in [-0.39, 0.29) is 29.5 Å². The highest BCUT2D eigenvalue weighted by molar-refractivity contribution is 7.92. The molecule has 0 radical (unpaired) electrons. The topological polar surface area (TPSA) is 96.0 Å². The molecule has 0 aliphatic carbocycles. The minimum absolute atomic E-state index is 0.0259. The summed E-state index contributed by atoms with van der Waals surface area (Å²) in [6.07, 6.45) is 0.267. The summed E-state index contributed by atoms with van der Waals surface area (Å²) >= 11 is 13.0. The lowest BCUT2D eigenvalue weighted by Gasteiger charge is -2.35. The van der Waals surface area contributed by atoms with Crippen LogP contribution in [0.5, 0.6) is 5.75 Å². The third-order valence-electron chi connectivity index (χ3n) is 6.60. The van der Waals surface area contributed by atoms with Crippen LogP contribution >= 0.6 is 23.2 Å². The van der Waals surface area contributed by atoms with Crippen molar-refractivity contribution in [1.82, 2.24) is 10.2 Å². The molecule has 0 spiro atoms. The molecule has 3 rings (SSSR count). The van der Waals surface area contributed by atoms with Crippen LogP contribution in [0.15, 0.2) is 71.6 Å². The summed E-state index contributed by atoms with van der Waals surface area (Å²) < 4.78 is 34.7. The number of nitrogens with one attached hydrogen (secondary N) is 1. The van der Waals surface area contributed by atoms with Crippen molar-refractivity contribution in [2.75, 3.05) is 17.5 Å². The second-order valence-corrected chi connectivity index (χ2v) is 13.8. The van der Waals surface area contributed by atoms with Crippen molar-refractivity contribution >= 4 is 50.7 Å². The lowest BCUT2D eigenvalue weighted by molar-refractivity contribution is -0.141. The van der Waals surface area contributed by atoms with E-state index >= 15 is 0 Å². The molecule has 0 bridgehead atoms. The van der Waals surface area contributed by atoms with Crippen LogP contribution in [0.1, 0.15) is 52.2 Å². The highest BCUT2D eigenvalue weighted by atomic mass is 35.5. The Labute approximate surface area is 265 Å². The van der Waals surface area contributed by atoms with E-state index in [0.29, 0.717) is 28.0 Å². The van der Waals surface area contributed by atoms with Gasteiger partial charge in [0.1, 0.15) is 18.3 Å². The molecule has 0 saturated heterocycles. The average Bonchev–Trinajstić information content (AvgIpc) is 2.93. The Bertz CT molecular complexity index is 1500. The number of carbonyl (C=O) groups excluding carboxylic acids is 2. The molecule has 232 valence electrons. The lowest BCUT2D eigenvalue weighted by atomic mass is 10.1. The van der Waals surface area contributed by atoms with Crippen LogP contribution in [0.3, 0.4) is 0 Å². The van der Waals surface area contributed by atoms with E-state index in [2.05, 4.69) is 5.32 Å². The Morgan fingerprint density at radius 2 is 1.51 bits per heavy atom. The third kappa shape index (κ3) is 8.87. The van der Waals surface area contributed by atoms with Crippen LogP contribution in [0.4, 0.5) is 5.69 Å². The number of amides is 2. The van der Waals surface area contributed by atoms with Gasteiger partial charge in [0, 0.05) is 27.7 Å². The Morgan fingerprint density at radius 3 is 2.02 bits per heavy atom. The van der Waals surface area contributed by atoms with E-state index in [0.717, 1.165) is 9.87 Å². The molecule has 3 aromatic carbocycles. The Hall–Kier alpha value is -3.27. The van der Waals surface area contributed by atoms with Gasteiger partial charge < -0.3 is 15.0 Å². The summed E-state index contributed by atoms with van der Waals surface area (Å²) in [5.41, 5.74) is 1.04. The van der Waals surface area contributed by atoms with Crippen molar-refractivity contribution in [3.05, 3.63) is 87.9 Å². The smallest absolute Gasteiger partial charge is 0.264 e. The van der Waals surface area contributed by atoms with Gasteiger partial charge in [0.15, 0.2) is 0 Å². The van der Waals surface area contributed by atoms with E-state index in [1.807, 2.05) is 34.6 Å². The lowest BCUT2D eigenvalue weighted by Crippen LogP contribution is -2.55. The van der Waals surface area contributed by atoms with E-state index in [4.69, 9.17) is 27.9 Å². The number of nitrogens with zero attached hydrogens (tertiary/aromatic N) is 2. The molecule has 3 aromatic rings. The average molecular weight is 649 g/mol. The minimum atomic E-state index is -4.20. The maximum Gasteiger partial charge on any atom is 0.264 e. The van der Waals surface area contributed by atoms with Crippen LogP contribution < -0.4 is 14.4 Å². The summed E-state index contributed by atoms with van der Waals surface area (Å²) in [5, 5.41) is 3.59. The van der Waals surface area contributed by atoms with Gasteiger partial charge in [0.2, 0.25) is 11.8 Å². The number of aryl methyl sites for hydroxylation is 1. The third-order valence-corrected chi connectivity index (χ3v) is 9.09. The summed E-state index contributed by atoms with van der Waals surface area (Å²) in [5.74, 6) is -0.415. The predicted molar refractivity (Wildman–Crippen MR) is 172 cm³/mol. The fraction of sp³-hybridized carbons (Fsp3) is 0.375. The van der Waals surface area contributed by atoms with Gasteiger partial charge in [0.05, 0.1) is 17.2 Å². The molecule has 0 heterocycles. The van der Waals surface area contributed by atoms with Crippen molar-refractivity contribution < 1.29 is 22.7 Å². The van der Waals surface area contributed by atoms with E-state index in [1.165, 1.54) is 17.0 Å². The number of hydrogen-bond acceptors (Lipinski definition) is 5. The SMILES string of the molecule is CCOc1ccc(N(CC(=O)N(Cc2c(Cl)cccc2Cl)C(CC)C(=O)NC(C)(C)C)S(=O)(=O)c2ccc(C)cc2)cc1. The number of hydrogen-bond donors (Lipinski definition) is 1. The van der Waals surface area contributed by atoms with Gasteiger partial charge in [-0.15, -0.1) is 0 Å². The number of benzene rings is 3. The first-order valence-electron chi connectivity index (χ1n) is 14.0. The molecule has 1 unspecified atom stereocenters. The maximum absolute atomic E-state index is 14.3. The summed E-state index contributed by atoms with van der Waals surface area (Å²) in [6, 6.07) is 16.9. The molecular weight excluding hydrogens is 609 g/mol. The zero-order chi connectivity index (χ0) is 31.9. The van der Waals surface area contributed by atoms with Crippen LogP contribution in [-0.4, -0.2) is 49.9 Å². The molecule has 0 aliphatic heterocycles.